The van der Waals surface area contributed by atoms with Gasteiger partial charge in [0.2, 0.25) is 0 Å². The third-order valence-corrected chi connectivity index (χ3v) is 3.68. The van der Waals surface area contributed by atoms with E-state index in [9.17, 15) is 0 Å². The second-order valence-corrected chi connectivity index (χ2v) is 5.64. The number of nitrogens with zero attached hydrogens (tertiary/aromatic N) is 5. The Morgan fingerprint density at radius 1 is 0.760 bits per heavy atom. The number of hydrogen-bond donors (Lipinski definition) is 0. The zero-order valence-corrected chi connectivity index (χ0v) is 14.1. The predicted molar refractivity (Wildman–Crippen MR) is 99.3 cm³/mol. The van der Waals surface area contributed by atoms with Gasteiger partial charge >= 0.3 is 0 Å². The first kappa shape index (κ1) is 16.9. The molecule has 5 nitrogen and oxygen atoms in total. The molecule has 0 saturated heterocycles. The van der Waals surface area contributed by atoms with Gasteiger partial charge in [0.05, 0.1) is 23.6 Å². The molecule has 0 saturated carbocycles. The van der Waals surface area contributed by atoms with E-state index in [0.29, 0.717) is 6.54 Å². The van der Waals surface area contributed by atoms with E-state index < -0.39 is 0 Å². The molecule has 3 rings (SSSR count). The Kier molecular flexibility index (Phi) is 6.36. The maximum Gasteiger partial charge on any atom is 0.0807 e. The highest BCUT2D eigenvalue weighted by atomic mass is 15.1. The van der Waals surface area contributed by atoms with Gasteiger partial charge in [-0.1, -0.05) is 18.2 Å². The summed E-state index contributed by atoms with van der Waals surface area (Å²) in [5.74, 6) is 0. The van der Waals surface area contributed by atoms with E-state index in [0.717, 1.165) is 36.7 Å². The zero-order chi connectivity index (χ0) is 17.2. The molecule has 0 spiro atoms. The van der Waals surface area contributed by atoms with Crippen LogP contribution in [0.15, 0.2) is 78.2 Å². The lowest BCUT2D eigenvalue weighted by molar-refractivity contribution is 0.258. The summed E-state index contributed by atoms with van der Waals surface area (Å²) < 4.78 is 0. The Labute approximate surface area is 148 Å². The van der Waals surface area contributed by atoms with Crippen molar-refractivity contribution in [1.82, 2.24) is 19.9 Å². The fraction of sp³-hybridized carbons (Fsp3) is 0.200. The van der Waals surface area contributed by atoms with E-state index in [1.54, 1.807) is 6.20 Å². The second kappa shape index (κ2) is 9.39. The topological polar surface area (TPSA) is 54.3 Å². The summed E-state index contributed by atoms with van der Waals surface area (Å²) in [5.41, 5.74) is 2.97. The molecule has 0 aliphatic rings. The molecule has 3 aromatic heterocycles. The number of rotatable bonds is 8. The van der Waals surface area contributed by atoms with E-state index in [4.69, 9.17) is 0 Å². The van der Waals surface area contributed by atoms with Gasteiger partial charge in [0.25, 0.3) is 0 Å². The summed E-state index contributed by atoms with van der Waals surface area (Å²) in [4.78, 5) is 19.9. The summed E-state index contributed by atoms with van der Waals surface area (Å²) >= 11 is 0. The maximum atomic E-state index is 4.49. The SMILES string of the molecule is C(=NCCN(Cc1ccccn1)Cc1ccccn1)c1ccccn1. The molecule has 0 aliphatic heterocycles. The van der Waals surface area contributed by atoms with Crippen LogP contribution in [0.25, 0.3) is 0 Å². The van der Waals surface area contributed by atoms with E-state index in [2.05, 4.69) is 24.8 Å². The molecule has 0 bridgehead atoms. The van der Waals surface area contributed by atoms with Crippen molar-refractivity contribution >= 4 is 6.21 Å². The highest BCUT2D eigenvalue weighted by Gasteiger charge is 2.08. The van der Waals surface area contributed by atoms with Crippen LogP contribution >= 0.6 is 0 Å². The molecule has 0 aromatic carbocycles. The molecule has 0 aliphatic carbocycles. The average molecular weight is 331 g/mol. The van der Waals surface area contributed by atoms with E-state index >= 15 is 0 Å². The molecular weight excluding hydrogens is 310 g/mol. The van der Waals surface area contributed by atoms with Crippen molar-refractivity contribution in [2.75, 3.05) is 13.1 Å². The Bertz CT molecular complexity index is 718. The van der Waals surface area contributed by atoms with Crippen LogP contribution in [0.2, 0.25) is 0 Å². The molecule has 126 valence electrons. The van der Waals surface area contributed by atoms with Gasteiger partial charge in [0.15, 0.2) is 0 Å². The molecule has 3 aromatic rings. The molecule has 25 heavy (non-hydrogen) atoms. The summed E-state index contributed by atoms with van der Waals surface area (Å²) in [6, 6.07) is 17.8. The lowest BCUT2D eigenvalue weighted by Crippen LogP contribution is -2.26. The Morgan fingerprint density at radius 2 is 1.36 bits per heavy atom. The minimum Gasteiger partial charge on any atom is -0.290 e. The molecule has 0 atom stereocenters. The molecule has 0 amide bonds. The van der Waals surface area contributed by atoms with E-state index in [1.165, 1.54) is 0 Å². The van der Waals surface area contributed by atoms with Gasteiger partial charge in [0.1, 0.15) is 0 Å². The first-order valence-electron chi connectivity index (χ1n) is 8.33. The minimum absolute atomic E-state index is 0.705. The normalized spacial score (nSPS) is 11.2. The quantitative estimate of drug-likeness (QED) is 0.596. The summed E-state index contributed by atoms with van der Waals surface area (Å²) in [5, 5.41) is 0. The first-order valence-corrected chi connectivity index (χ1v) is 8.33. The average Bonchev–Trinajstić information content (AvgIpc) is 2.67. The third-order valence-electron chi connectivity index (χ3n) is 3.68. The van der Waals surface area contributed by atoms with E-state index in [-0.39, 0.29) is 0 Å². The highest BCUT2D eigenvalue weighted by molar-refractivity contribution is 5.76. The van der Waals surface area contributed by atoms with Gasteiger partial charge in [0, 0.05) is 44.4 Å². The Morgan fingerprint density at radius 3 is 1.88 bits per heavy atom. The summed E-state index contributed by atoms with van der Waals surface area (Å²) in [6.07, 6.45) is 7.25. The first-order chi connectivity index (χ1) is 12.4. The van der Waals surface area contributed by atoms with Gasteiger partial charge < -0.3 is 0 Å². The lowest BCUT2D eigenvalue weighted by Gasteiger charge is -2.20. The van der Waals surface area contributed by atoms with Crippen molar-refractivity contribution in [3.05, 3.63) is 90.3 Å². The summed E-state index contributed by atoms with van der Waals surface area (Å²) in [7, 11) is 0. The fourth-order valence-electron chi connectivity index (χ4n) is 2.47. The van der Waals surface area contributed by atoms with Crippen molar-refractivity contribution in [2.24, 2.45) is 4.99 Å². The minimum atomic E-state index is 0.705. The Hall–Kier alpha value is -2.92. The van der Waals surface area contributed by atoms with Crippen LogP contribution in [-0.2, 0) is 13.1 Å². The number of aromatic nitrogens is 3. The van der Waals surface area contributed by atoms with Crippen LogP contribution in [0.3, 0.4) is 0 Å². The molecule has 0 radical (unpaired) electrons. The third kappa shape index (κ3) is 5.90. The van der Waals surface area contributed by atoms with Gasteiger partial charge in [-0.25, -0.2) is 0 Å². The number of aliphatic imine (C=N–C) groups is 1. The molecule has 0 N–H and O–H groups in total. The van der Waals surface area contributed by atoms with Gasteiger partial charge in [-0.05, 0) is 36.4 Å². The van der Waals surface area contributed by atoms with Crippen LogP contribution in [0.5, 0.6) is 0 Å². The maximum absolute atomic E-state index is 4.49. The zero-order valence-electron chi connectivity index (χ0n) is 14.1. The molecule has 5 heteroatoms. The van der Waals surface area contributed by atoms with Gasteiger partial charge in [-0.2, -0.15) is 0 Å². The van der Waals surface area contributed by atoms with Crippen LogP contribution in [0.4, 0.5) is 0 Å². The van der Waals surface area contributed by atoms with Gasteiger partial charge in [-0.15, -0.1) is 0 Å². The monoisotopic (exact) mass is 331 g/mol. The van der Waals surface area contributed by atoms with Crippen molar-refractivity contribution in [3.63, 3.8) is 0 Å². The Balaban J connectivity index is 1.60. The van der Waals surface area contributed by atoms with Crippen LogP contribution in [-0.4, -0.2) is 39.2 Å². The largest absolute Gasteiger partial charge is 0.290 e. The van der Waals surface area contributed by atoms with Crippen LogP contribution in [0, 0.1) is 0 Å². The smallest absolute Gasteiger partial charge is 0.0807 e. The standard InChI is InChI=1S/C20H21N5/c1-4-10-22-18(7-1)15-21-13-14-25(16-19-8-2-5-11-23-19)17-20-9-3-6-12-24-20/h1-12,15H,13-14,16-17H2. The predicted octanol–water partition coefficient (Wildman–Crippen LogP) is 2.99. The molecular formula is C20H21N5. The van der Waals surface area contributed by atoms with E-state index in [1.807, 2.05) is 73.2 Å². The van der Waals surface area contributed by atoms with Crippen molar-refractivity contribution in [3.8, 4) is 0 Å². The summed E-state index contributed by atoms with van der Waals surface area (Å²) in [6.45, 7) is 3.08. The van der Waals surface area contributed by atoms with Crippen molar-refractivity contribution < 1.29 is 0 Å². The molecule has 3 heterocycles. The van der Waals surface area contributed by atoms with Crippen molar-refractivity contribution in [1.29, 1.82) is 0 Å². The fourth-order valence-corrected chi connectivity index (χ4v) is 2.47. The van der Waals surface area contributed by atoms with Crippen LogP contribution in [0.1, 0.15) is 17.1 Å². The van der Waals surface area contributed by atoms with Crippen LogP contribution < -0.4 is 0 Å². The molecule has 0 fully saturated rings. The number of pyridine rings is 3. The van der Waals surface area contributed by atoms with Gasteiger partial charge in [-0.3, -0.25) is 24.8 Å². The second-order valence-electron chi connectivity index (χ2n) is 5.64. The number of hydrogen-bond acceptors (Lipinski definition) is 5. The van der Waals surface area contributed by atoms with Crippen molar-refractivity contribution in [2.45, 2.75) is 13.1 Å². The lowest BCUT2D eigenvalue weighted by atomic mass is 10.3. The molecule has 0 unspecified atom stereocenters. The highest BCUT2D eigenvalue weighted by Crippen LogP contribution is 2.06.